The van der Waals surface area contributed by atoms with Gasteiger partial charge in [0, 0.05) is 11.8 Å². The molecule has 0 radical (unpaired) electrons. The van der Waals surface area contributed by atoms with Crippen molar-refractivity contribution in [1.29, 1.82) is 0 Å². The van der Waals surface area contributed by atoms with Gasteiger partial charge >= 0.3 is 6.18 Å². The second-order valence-corrected chi connectivity index (χ2v) is 4.70. The highest BCUT2D eigenvalue weighted by Gasteiger charge is 2.30. The molecule has 0 bridgehead atoms. The number of alkyl halides is 3. The molecule has 0 amide bonds. The number of anilines is 1. The summed E-state index contributed by atoms with van der Waals surface area (Å²) in [5.74, 6) is 0.449. The van der Waals surface area contributed by atoms with Crippen LogP contribution in [-0.2, 0) is 6.18 Å². The molecule has 0 aliphatic heterocycles. The van der Waals surface area contributed by atoms with Crippen molar-refractivity contribution in [1.82, 2.24) is 14.6 Å². The molecule has 7 heteroatoms. The van der Waals surface area contributed by atoms with Crippen LogP contribution in [-0.4, -0.2) is 14.6 Å². The molecule has 4 nitrogen and oxygen atoms in total. The van der Waals surface area contributed by atoms with E-state index in [-0.39, 0.29) is 0 Å². The van der Waals surface area contributed by atoms with Crippen molar-refractivity contribution in [3.63, 3.8) is 0 Å². The summed E-state index contributed by atoms with van der Waals surface area (Å²) >= 11 is 0. The predicted octanol–water partition coefficient (Wildman–Crippen LogP) is 3.31. The molecule has 21 heavy (non-hydrogen) atoms. The smallest absolute Gasteiger partial charge is 0.395 e. The highest BCUT2D eigenvalue weighted by molar-refractivity contribution is 5.71. The number of halogens is 3. The molecule has 0 aliphatic carbocycles. The van der Waals surface area contributed by atoms with E-state index in [0.29, 0.717) is 22.7 Å². The highest BCUT2D eigenvalue weighted by Crippen LogP contribution is 2.31. The van der Waals surface area contributed by atoms with Crippen molar-refractivity contribution in [3.05, 3.63) is 47.7 Å². The zero-order chi connectivity index (χ0) is 15.2. The number of nitrogen functional groups attached to an aromatic ring is 1. The lowest BCUT2D eigenvalue weighted by Crippen LogP contribution is -2.04. The fraction of sp³-hybridized carbons (Fsp3) is 0.143. The lowest BCUT2D eigenvalue weighted by Gasteiger charge is -2.07. The van der Waals surface area contributed by atoms with E-state index in [1.807, 2.05) is 6.92 Å². The van der Waals surface area contributed by atoms with E-state index in [1.165, 1.54) is 12.1 Å². The minimum atomic E-state index is -4.35. The third-order valence-corrected chi connectivity index (χ3v) is 3.31. The summed E-state index contributed by atoms with van der Waals surface area (Å²) in [6.45, 7) is 1.85. The van der Waals surface area contributed by atoms with E-state index < -0.39 is 11.7 Å². The molecule has 0 aliphatic rings. The van der Waals surface area contributed by atoms with E-state index in [9.17, 15) is 13.2 Å². The largest absolute Gasteiger partial charge is 0.416 e. The Kier molecular flexibility index (Phi) is 2.86. The van der Waals surface area contributed by atoms with Crippen LogP contribution in [0.1, 0.15) is 11.1 Å². The number of pyridine rings is 1. The summed E-state index contributed by atoms with van der Waals surface area (Å²) in [5.41, 5.74) is 7.62. The minimum absolute atomic E-state index is 0.449. The molecule has 108 valence electrons. The van der Waals surface area contributed by atoms with Gasteiger partial charge in [0.15, 0.2) is 11.5 Å². The number of rotatable bonds is 1. The van der Waals surface area contributed by atoms with Crippen molar-refractivity contribution < 1.29 is 13.2 Å². The van der Waals surface area contributed by atoms with E-state index >= 15 is 0 Å². The molecular formula is C14H11F3N4. The average molecular weight is 292 g/mol. The first-order valence-electron chi connectivity index (χ1n) is 6.15. The number of nitrogens with zero attached hydrogens (tertiary/aromatic N) is 3. The van der Waals surface area contributed by atoms with Crippen LogP contribution in [0.15, 0.2) is 36.5 Å². The van der Waals surface area contributed by atoms with Crippen LogP contribution >= 0.6 is 0 Å². The molecule has 0 atom stereocenters. The SMILES string of the molecule is Cc1ccn2c(-c3ccc(C(F)(F)F)cc3)nnc2c1N. The Morgan fingerprint density at radius 3 is 2.33 bits per heavy atom. The number of hydrogen-bond acceptors (Lipinski definition) is 3. The zero-order valence-corrected chi connectivity index (χ0v) is 11.0. The first-order chi connectivity index (χ1) is 9.88. The average Bonchev–Trinajstić information content (AvgIpc) is 2.87. The normalized spacial score (nSPS) is 12.0. The molecule has 0 fully saturated rings. The first kappa shape index (κ1) is 13.4. The Hall–Kier alpha value is -2.57. The van der Waals surface area contributed by atoms with Crippen molar-refractivity contribution in [2.45, 2.75) is 13.1 Å². The van der Waals surface area contributed by atoms with Gasteiger partial charge in [-0.15, -0.1) is 10.2 Å². The summed E-state index contributed by atoms with van der Waals surface area (Å²) in [6.07, 6.45) is -2.61. The van der Waals surface area contributed by atoms with Gasteiger partial charge in [0.25, 0.3) is 0 Å². The van der Waals surface area contributed by atoms with Gasteiger partial charge in [-0.2, -0.15) is 13.2 Å². The first-order valence-corrected chi connectivity index (χ1v) is 6.15. The maximum atomic E-state index is 12.6. The van der Waals surface area contributed by atoms with Crippen molar-refractivity contribution in [2.24, 2.45) is 0 Å². The van der Waals surface area contributed by atoms with Crippen LogP contribution in [0, 0.1) is 6.92 Å². The van der Waals surface area contributed by atoms with Crippen molar-refractivity contribution in [2.75, 3.05) is 5.73 Å². The molecule has 0 spiro atoms. The molecular weight excluding hydrogens is 281 g/mol. The van der Waals surface area contributed by atoms with Crippen LogP contribution in [0.25, 0.3) is 17.0 Å². The monoisotopic (exact) mass is 292 g/mol. The second kappa shape index (κ2) is 4.47. The molecule has 1 aromatic carbocycles. The van der Waals surface area contributed by atoms with Gasteiger partial charge in [0.2, 0.25) is 0 Å². The van der Waals surface area contributed by atoms with Gasteiger partial charge in [-0.1, -0.05) is 12.1 Å². The Bertz CT molecular complexity index is 803. The van der Waals surface area contributed by atoms with Crippen LogP contribution in [0.4, 0.5) is 18.9 Å². The van der Waals surface area contributed by atoms with Gasteiger partial charge < -0.3 is 5.73 Å². The van der Waals surface area contributed by atoms with Gasteiger partial charge in [-0.25, -0.2) is 0 Å². The molecule has 2 aromatic heterocycles. The summed E-state index contributed by atoms with van der Waals surface area (Å²) < 4.78 is 39.3. The predicted molar refractivity (Wildman–Crippen MR) is 72.6 cm³/mol. The number of aryl methyl sites for hydroxylation is 1. The maximum absolute atomic E-state index is 12.6. The molecule has 2 heterocycles. The number of fused-ring (bicyclic) bond motifs is 1. The van der Waals surface area contributed by atoms with Crippen LogP contribution in [0.3, 0.4) is 0 Å². The fourth-order valence-corrected chi connectivity index (χ4v) is 2.07. The fourth-order valence-electron chi connectivity index (χ4n) is 2.07. The van der Waals surface area contributed by atoms with E-state index in [2.05, 4.69) is 10.2 Å². The summed E-state index contributed by atoms with van der Waals surface area (Å²) in [5, 5.41) is 8.00. The topological polar surface area (TPSA) is 56.2 Å². The summed E-state index contributed by atoms with van der Waals surface area (Å²) in [7, 11) is 0. The van der Waals surface area contributed by atoms with Gasteiger partial charge in [0.1, 0.15) is 0 Å². The number of benzene rings is 1. The molecule has 0 saturated carbocycles. The van der Waals surface area contributed by atoms with Gasteiger partial charge in [0.05, 0.1) is 11.3 Å². The van der Waals surface area contributed by atoms with Crippen molar-refractivity contribution >= 4 is 11.3 Å². The number of nitrogens with two attached hydrogens (primary N) is 1. The van der Waals surface area contributed by atoms with Crippen LogP contribution in [0.2, 0.25) is 0 Å². The van der Waals surface area contributed by atoms with Crippen molar-refractivity contribution in [3.8, 4) is 11.4 Å². The second-order valence-electron chi connectivity index (χ2n) is 4.70. The molecule has 0 saturated heterocycles. The Morgan fingerprint density at radius 1 is 1.05 bits per heavy atom. The lowest BCUT2D eigenvalue weighted by atomic mass is 10.1. The quantitative estimate of drug-likeness (QED) is 0.748. The number of hydrogen-bond donors (Lipinski definition) is 1. The van der Waals surface area contributed by atoms with Gasteiger partial charge in [-0.3, -0.25) is 4.40 Å². The Morgan fingerprint density at radius 2 is 1.71 bits per heavy atom. The van der Waals surface area contributed by atoms with Crippen LogP contribution < -0.4 is 5.73 Å². The maximum Gasteiger partial charge on any atom is 0.416 e. The third-order valence-electron chi connectivity index (χ3n) is 3.31. The van der Waals surface area contributed by atoms with E-state index in [4.69, 9.17) is 5.73 Å². The summed E-state index contributed by atoms with van der Waals surface area (Å²) in [4.78, 5) is 0. The number of aromatic nitrogens is 3. The molecule has 3 aromatic rings. The van der Waals surface area contributed by atoms with Crippen LogP contribution in [0.5, 0.6) is 0 Å². The molecule has 3 rings (SSSR count). The third kappa shape index (κ3) is 2.20. The Balaban J connectivity index is 2.11. The standard InChI is InChI=1S/C14H11F3N4/c1-8-6-7-21-12(19-20-13(21)11(8)18)9-2-4-10(5-3-9)14(15,16)17/h2-7H,18H2,1H3. The molecule has 2 N–H and O–H groups in total. The van der Waals surface area contributed by atoms with Gasteiger partial charge in [-0.05, 0) is 30.7 Å². The summed E-state index contributed by atoms with van der Waals surface area (Å²) in [6, 6.07) is 6.59. The zero-order valence-electron chi connectivity index (χ0n) is 11.0. The lowest BCUT2D eigenvalue weighted by molar-refractivity contribution is -0.137. The molecule has 0 unspecified atom stereocenters. The van der Waals surface area contributed by atoms with E-state index in [0.717, 1.165) is 17.7 Å². The highest BCUT2D eigenvalue weighted by atomic mass is 19.4. The Labute approximate surface area is 118 Å². The van der Waals surface area contributed by atoms with E-state index in [1.54, 1.807) is 16.7 Å². The minimum Gasteiger partial charge on any atom is -0.395 e.